The highest BCUT2D eigenvalue weighted by Crippen LogP contribution is 2.25. The molecule has 0 aliphatic carbocycles. The summed E-state index contributed by atoms with van der Waals surface area (Å²) >= 11 is 0. The molecule has 9 nitrogen and oxygen atoms in total. The van der Waals surface area contributed by atoms with Crippen molar-refractivity contribution in [3.05, 3.63) is 48.2 Å². The van der Waals surface area contributed by atoms with Gasteiger partial charge >= 0.3 is 15.1 Å². The maximum Gasteiger partial charge on any atom is 0.305 e. The highest BCUT2D eigenvalue weighted by atomic mass is 32.2. The van der Waals surface area contributed by atoms with Gasteiger partial charge in [0, 0.05) is 36.5 Å². The van der Waals surface area contributed by atoms with Crippen LogP contribution in [0.4, 0.5) is 0 Å². The Bertz CT molecular complexity index is 1300. The van der Waals surface area contributed by atoms with Crippen LogP contribution < -0.4 is 15.6 Å². The molecule has 1 saturated heterocycles. The van der Waals surface area contributed by atoms with E-state index in [0.29, 0.717) is 37.9 Å². The first-order valence-electron chi connectivity index (χ1n) is 13.4. The minimum atomic E-state index is -3.66. The molecule has 2 aliphatic heterocycles. The number of sulfonamides is 1. The number of hydrogen-bond donors (Lipinski definition) is 3. The van der Waals surface area contributed by atoms with Crippen LogP contribution >= 0.6 is 0 Å². The van der Waals surface area contributed by atoms with E-state index in [0.717, 1.165) is 11.8 Å². The van der Waals surface area contributed by atoms with Gasteiger partial charge in [-0.2, -0.15) is 4.31 Å². The molecule has 2 aliphatic rings. The van der Waals surface area contributed by atoms with Crippen molar-refractivity contribution in [1.29, 1.82) is 0 Å². The molecule has 1 fully saturated rings. The minimum Gasteiger partial charge on any atom is -0.451 e. The summed E-state index contributed by atoms with van der Waals surface area (Å²) in [5, 5.41) is 7.04. The summed E-state index contributed by atoms with van der Waals surface area (Å²) in [4.78, 5) is 29.4. The zero-order valence-electron chi connectivity index (χ0n) is 22.6. The zero-order chi connectivity index (χ0) is 27.4. The first kappa shape index (κ1) is 28.0. The number of benzene rings is 1. The molecule has 0 spiro atoms. The molecular formula is C28H39N4O5S+. The predicted molar refractivity (Wildman–Crippen MR) is 147 cm³/mol. The van der Waals surface area contributed by atoms with E-state index in [1.807, 2.05) is 52.0 Å². The molecule has 1 unspecified atom stereocenters. The number of furan rings is 1. The van der Waals surface area contributed by atoms with Crippen molar-refractivity contribution in [2.75, 3.05) is 13.1 Å². The van der Waals surface area contributed by atoms with E-state index in [-0.39, 0.29) is 40.6 Å². The number of carbonyl (C=O) groups excluding carboxylic acids is 2. The highest BCUT2D eigenvalue weighted by Gasteiger charge is 2.40. The molecule has 2 amide bonds. The van der Waals surface area contributed by atoms with Gasteiger partial charge in [-0.1, -0.05) is 45.0 Å². The number of amides is 2. The molecule has 206 valence electrons. The van der Waals surface area contributed by atoms with E-state index >= 15 is 0 Å². The molecule has 0 saturated carbocycles. The van der Waals surface area contributed by atoms with Crippen molar-refractivity contribution in [2.45, 2.75) is 71.5 Å². The number of carbonyl (C=O) groups is 2. The average Bonchev–Trinajstić information content (AvgIpc) is 3.27. The number of para-hydroxylation sites is 1. The summed E-state index contributed by atoms with van der Waals surface area (Å²) in [5.74, 6) is -0.491. The molecule has 0 radical (unpaired) electrons. The Labute approximate surface area is 224 Å². The quantitative estimate of drug-likeness (QED) is 0.493. The van der Waals surface area contributed by atoms with E-state index in [9.17, 15) is 18.0 Å². The van der Waals surface area contributed by atoms with Crippen LogP contribution in [0.2, 0.25) is 0 Å². The van der Waals surface area contributed by atoms with Crippen molar-refractivity contribution in [3.63, 3.8) is 0 Å². The van der Waals surface area contributed by atoms with Gasteiger partial charge in [0.2, 0.25) is 5.91 Å². The lowest BCUT2D eigenvalue weighted by molar-refractivity contribution is -0.453. The highest BCUT2D eigenvalue weighted by molar-refractivity contribution is 8.04. The van der Waals surface area contributed by atoms with Crippen LogP contribution in [0.3, 0.4) is 0 Å². The molecule has 3 heterocycles. The Morgan fingerprint density at radius 2 is 1.95 bits per heavy atom. The maximum absolute atomic E-state index is 13.4. The van der Waals surface area contributed by atoms with Crippen LogP contribution in [0.15, 0.2) is 46.9 Å². The smallest absolute Gasteiger partial charge is 0.305 e. The lowest BCUT2D eigenvalue weighted by Crippen LogP contribution is -2.76. The fourth-order valence-electron chi connectivity index (χ4n) is 5.13. The standard InChI is InChI=1S/C28H38N4O5S/c1-18(2)15-23(31-28(34)25-16-21-9-5-6-10-24(21)37-25)27(33)30-22-13-12-20(4)32(17-19(22)3)38(35,36)26-11-7-8-14-29-26/h5-7,9-11,16,18-20,22-23H,8,12-15,17H2,1-4H3,(H,30,33)(H,31,34)/p+1/t19?,20-,22+,23+/m1/s1. The maximum atomic E-state index is 13.4. The second-order valence-corrected chi connectivity index (χ2v) is 12.7. The summed E-state index contributed by atoms with van der Waals surface area (Å²) in [7, 11) is -3.66. The first-order valence-corrected chi connectivity index (χ1v) is 14.9. The molecule has 0 bridgehead atoms. The molecule has 1 aromatic heterocycles. The third-order valence-electron chi connectivity index (χ3n) is 7.31. The minimum absolute atomic E-state index is 0.113. The van der Waals surface area contributed by atoms with E-state index in [1.54, 1.807) is 22.5 Å². The number of hydrogen-bond acceptors (Lipinski definition) is 5. The molecule has 4 atom stereocenters. The number of fused-ring (bicyclic) bond motifs is 1. The SMILES string of the molecule is CC(C)C[C@H](NC(=O)c1cc2ccccc2o1)C(=O)N[C@H]1CC[C@@H](C)N(S(=O)(=O)C2=[NH+]CCC=C2)CC1C. The van der Waals surface area contributed by atoms with Gasteiger partial charge in [-0.3, -0.25) is 9.59 Å². The number of nitrogens with one attached hydrogen (secondary N) is 3. The van der Waals surface area contributed by atoms with Crippen LogP contribution in [-0.4, -0.2) is 60.8 Å². The number of nitrogens with zero attached hydrogens (tertiary/aromatic N) is 1. The van der Waals surface area contributed by atoms with Gasteiger partial charge in [0.05, 0.1) is 0 Å². The van der Waals surface area contributed by atoms with Gasteiger partial charge in [-0.05, 0) is 50.2 Å². The fourth-order valence-corrected chi connectivity index (χ4v) is 6.95. The summed E-state index contributed by atoms with van der Waals surface area (Å²) in [5.41, 5.74) is 0.612. The Morgan fingerprint density at radius 1 is 1.18 bits per heavy atom. The Morgan fingerprint density at radius 3 is 2.63 bits per heavy atom. The Balaban J connectivity index is 1.45. The normalized spacial score (nSPS) is 23.6. The monoisotopic (exact) mass is 543 g/mol. The topological polar surface area (TPSA) is 123 Å². The zero-order valence-corrected chi connectivity index (χ0v) is 23.4. The lowest BCUT2D eigenvalue weighted by atomic mass is 9.96. The van der Waals surface area contributed by atoms with Gasteiger partial charge in [-0.25, -0.2) is 13.4 Å². The van der Waals surface area contributed by atoms with Crippen LogP contribution in [0, 0.1) is 11.8 Å². The van der Waals surface area contributed by atoms with Crippen molar-refractivity contribution in [1.82, 2.24) is 14.9 Å². The molecule has 3 N–H and O–H groups in total. The Hall–Kier alpha value is -2.98. The third kappa shape index (κ3) is 6.35. The fraction of sp³-hybridized carbons (Fsp3) is 0.536. The van der Waals surface area contributed by atoms with Crippen LogP contribution in [0.25, 0.3) is 11.0 Å². The van der Waals surface area contributed by atoms with Crippen molar-refractivity contribution in [2.24, 2.45) is 11.8 Å². The van der Waals surface area contributed by atoms with Crippen molar-refractivity contribution in [3.8, 4) is 0 Å². The summed E-state index contributed by atoms with van der Waals surface area (Å²) < 4.78 is 34.0. The summed E-state index contributed by atoms with van der Waals surface area (Å²) in [6.07, 6.45) is 6.03. The number of rotatable bonds is 7. The van der Waals surface area contributed by atoms with Crippen LogP contribution in [0.5, 0.6) is 0 Å². The van der Waals surface area contributed by atoms with Crippen molar-refractivity contribution < 1.29 is 27.4 Å². The molecule has 2 aromatic rings. The first-order chi connectivity index (χ1) is 18.1. The van der Waals surface area contributed by atoms with E-state index in [2.05, 4.69) is 15.6 Å². The predicted octanol–water partition coefficient (Wildman–Crippen LogP) is 1.95. The second kappa shape index (κ2) is 11.8. The van der Waals surface area contributed by atoms with Gasteiger partial charge in [0.25, 0.3) is 5.91 Å². The van der Waals surface area contributed by atoms with Crippen LogP contribution in [-0.2, 0) is 14.8 Å². The molecule has 4 rings (SSSR count). The van der Waals surface area contributed by atoms with E-state index in [4.69, 9.17) is 4.42 Å². The average molecular weight is 544 g/mol. The van der Waals surface area contributed by atoms with Gasteiger partial charge < -0.3 is 15.1 Å². The van der Waals surface area contributed by atoms with Gasteiger partial charge in [0.1, 0.15) is 18.2 Å². The second-order valence-electron chi connectivity index (χ2n) is 10.9. The summed E-state index contributed by atoms with van der Waals surface area (Å²) in [6, 6.07) is 7.88. The van der Waals surface area contributed by atoms with Crippen LogP contribution in [0.1, 0.15) is 63.9 Å². The summed E-state index contributed by atoms with van der Waals surface area (Å²) in [6.45, 7) is 8.77. The van der Waals surface area contributed by atoms with E-state index < -0.39 is 22.0 Å². The lowest BCUT2D eigenvalue weighted by Gasteiger charge is -2.28. The van der Waals surface area contributed by atoms with E-state index in [1.165, 1.54) is 0 Å². The van der Waals surface area contributed by atoms with Gasteiger partial charge in [-0.15, -0.1) is 0 Å². The van der Waals surface area contributed by atoms with Crippen molar-refractivity contribution >= 4 is 37.9 Å². The van der Waals surface area contributed by atoms with Gasteiger partial charge in [0.15, 0.2) is 5.76 Å². The largest absolute Gasteiger partial charge is 0.451 e. The molecule has 1 aromatic carbocycles. The third-order valence-corrected chi connectivity index (χ3v) is 9.28. The molecular weight excluding hydrogens is 504 g/mol. The molecule has 10 heteroatoms. The molecule has 38 heavy (non-hydrogen) atoms. The Kier molecular flexibility index (Phi) is 8.72.